The van der Waals surface area contributed by atoms with E-state index in [0.717, 1.165) is 4.88 Å². The van der Waals surface area contributed by atoms with E-state index in [0.29, 0.717) is 17.2 Å². The van der Waals surface area contributed by atoms with E-state index in [-0.39, 0.29) is 5.41 Å². The summed E-state index contributed by atoms with van der Waals surface area (Å²) in [4.78, 5) is 12.7. The van der Waals surface area contributed by atoms with Crippen molar-refractivity contribution in [2.45, 2.75) is 13.8 Å². The summed E-state index contributed by atoms with van der Waals surface area (Å²) < 4.78 is 14.9. The third-order valence-electron chi connectivity index (χ3n) is 2.32. The van der Waals surface area contributed by atoms with Crippen LogP contribution in [0.1, 0.15) is 28.4 Å². The minimum Gasteiger partial charge on any atom is -0.495 e. The number of hydrogen-bond donors (Lipinski definition) is 0. The highest BCUT2D eigenvalue weighted by molar-refractivity contribution is 7.14. The third kappa shape index (κ3) is 4.27. The molecule has 0 amide bonds. The van der Waals surface area contributed by atoms with Crippen molar-refractivity contribution in [1.82, 2.24) is 0 Å². The number of carbonyl (C=O) groups is 1. The number of methoxy groups -OCH3 is 3. The number of hydrogen-bond acceptors (Lipinski definition) is 5. The van der Waals surface area contributed by atoms with Gasteiger partial charge in [-0.2, -0.15) is 0 Å². The van der Waals surface area contributed by atoms with Crippen LogP contribution in [0.5, 0.6) is 5.75 Å². The van der Waals surface area contributed by atoms with E-state index in [9.17, 15) is 4.79 Å². The molecule has 0 unspecified atom stereocenters. The lowest BCUT2D eigenvalue weighted by Crippen LogP contribution is -2.15. The predicted molar refractivity (Wildman–Crippen MR) is 74.7 cm³/mol. The van der Waals surface area contributed by atoms with Gasteiger partial charge in [0.25, 0.3) is 0 Å². The maximum Gasteiger partial charge on any atom is 0.351 e. The zero-order chi connectivity index (χ0) is 14.5. The third-order valence-corrected chi connectivity index (χ3v) is 3.33. The maximum absolute atomic E-state index is 11.6. The van der Waals surface area contributed by atoms with Crippen LogP contribution in [0.2, 0.25) is 0 Å². The summed E-state index contributed by atoms with van der Waals surface area (Å²) in [5, 5.41) is 0. The molecule has 1 aromatic heterocycles. The van der Waals surface area contributed by atoms with Crippen LogP contribution in [0, 0.1) is 17.3 Å². The molecule has 0 aliphatic carbocycles. The predicted octanol–water partition coefficient (Wildman–Crippen LogP) is 2.57. The molecule has 4 nitrogen and oxygen atoms in total. The Balaban J connectivity index is 3.01. The molecule has 0 aromatic carbocycles. The van der Waals surface area contributed by atoms with Crippen LogP contribution >= 0.6 is 11.3 Å². The topological polar surface area (TPSA) is 44.8 Å². The van der Waals surface area contributed by atoms with Gasteiger partial charge in [0.2, 0.25) is 0 Å². The average Bonchev–Trinajstić information content (AvgIpc) is 2.79. The van der Waals surface area contributed by atoms with Crippen LogP contribution < -0.4 is 4.74 Å². The Kier molecular flexibility index (Phi) is 5.40. The number of esters is 1. The Labute approximate surface area is 117 Å². The molecule has 1 rings (SSSR count). The molecule has 0 fully saturated rings. The van der Waals surface area contributed by atoms with Crippen LogP contribution in [0.4, 0.5) is 0 Å². The molecule has 0 saturated heterocycles. The van der Waals surface area contributed by atoms with Gasteiger partial charge in [-0.05, 0) is 13.8 Å². The van der Waals surface area contributed by atoms with Gasteiger partial charge in [-0.15, -0.1) is 11.3 Å². The van der Waals surface area contributed by atoms with Crippen molar-refractivity contribution in [2.75, 3.05) is 27.9 Å². The molecule has 0 spiro atoms. The van der Waals surface area contributed by atoms with Crippen molar-refractivity contribution in [1.29, 1.82) is 0 Å². The van der Waals surface area contributed by atoms with E-state index in [1.165, 1.54) is 25.6 Å². The Hall–Kier alpha value is -1.51. The quantitative estimate of drug-likeness (QED) is 0.629. The summed E-state index contributed by atoms with van der Waals surface area (Å²) in [5.74, 6) is 6.25. The zero-order valence-electron chi connectivity index (χ0n) is 11.8. The fraction of sp³-hybridized carbons (Fsp3) is 0.500. The van der Waals surface area contributed by atoms with Gasteiger partial charge in [-0.1, -0.05) is 11.8 Å². The number of thiophene rings is 1. The van der Waals surface area contributed by atoms with Gasteiger partial charge >= 0.3 is 5.97 Å². The SMILES string of the molecule is COCC(C)(C)C#Cc1cc(OC)c(C(=O)OC)s1. The first-order valence-electron chi connectivity index (χ1n) is 5.71. The Bertz CT molecular complexity index is 505. The highest BCUT2D eigenvalue weighted by atomic mass is 32.1. The summed E-state index contributed by atoms with van der Waals surface area (Å²) in [6.07, 6.45) is 0. The van der Waals surface area contributed by atoms with E-state index in [1.807, 2.05) is 13.8 Å². The van der Waals surface area contributed by atoms with E-state index >= 15 is 0 Å². The van der Waals surface area contributed by atoms with E-state index in [4.69, 9.17) is 14.2 Å². The van der Waals surface area contributed by atoms with Gasteiger partial charge in [-0.25, -0.2) is 4.79 Å². The molecule has 0 atom stereocenters. The fourth-order valence-corrected chi connectivity index (χ4v) is 2.35. The van der Waals surface area contributed by atoms with Gasteiger partial charge in [0.1, 0.15) is 5.75 Å². The summed E-state index contributed by atoms with van der Waals surface area (Å²) in [6, 6.07) is 1.74. The van der Waals surface area contributed by atoms with Crippen molar-refractivity contribution in [3.05, 3.63) is 15.8 Å². The van der Waals surface area contributed by atoms with Crippen molar-refractivity contribution in [3.8, 4) is 17.6 Å². The molecule has 104 valence electrons. The molecule has 19 heavy (non-hydrogen) atoms. The minimum atomic E-state index is -0.411. The molecular weight excluding hydrogens is 264 g/mol. The standard InChI is InChI=1S/C14H18O4S/c1-14(2,9-16-3)7-6-10-8-11(17-4)12(19-10)13(15)18-5/h8H,9H2,1-5H3. The van der Waals surface area contributed by atoms with Gasteiger partial charge in [0.15, 0.2) is 4.88 Å². The molecule has 0 saturated carbocycles. The second kappa shape index (κ2) is 6.60. The number of carbonyl (C=O) groups excluding carboxylic acids is 1. The van der Waals surface area contributed by atoms with Crippen molar-refractivity contribution >= 4 is 17.3 Å². The van der Waals surface area contributed by atoms with Crippen molar-refractivity contribution in [2.24, 2.45) is 5.41 Å². The highest BCUT2D eigenvalue weighted by Gasteiger charge is 2.18. The highest BCUT2D eigenvalue weighted by Crippen LogP contribution is 2.29. The van der Waals surface area contributed by atoms with Crippen LogP contribution in [0.25, 0.3) is 0 Å². The summed E-state index contributed by atoms with van der Waals surface area (Å²) in [7, 11) is 4.50. The van der Waals surface area contributed by atoms with Gasteiger partial charge in [-0.3, -0.25) is 0 Å². The summed E-state index contributed by atoms with van der Waals surface area (Å²) in [5.41, 5.74) is -0.239. The molecule has 1 heterocycles. The Morgan fingerprint density at radius 3 is 2.58 bits per heavy atom. The lowest BCUT2D eigenvalue weighted by atomic mass is 9.96. The zero-order valence-corrected chi connectivity index (χ0v) is 12.6. The monoisotopic (exact) mass is 282 g/mol. The molecule has 0 bridgehead atoms. The van der Waals surface area contributed by atoms with Crippen LogP contribution in [-0.2, 0) is 9.47 Å². The smallest absolute Gasteiger partial charge is 0.351 e. The second-order valence-corrected chi connectivity index (χ2v) is 5.62. The fourth-order valence-electron chi connectivity index (χ4n) is 1.45. The minimum absolute atomic E-state index is 0.239. The summed E-state index contributed by atoms with van der Waals surface area (Å²) in [6.45, 7) is 4.54. The van der Waals surface area contributed by atoms with Gasteiger partial charge in [0.05, 0.1) is 25.7 Å². The van der Waals surface area contributed by atoms with Crippen LogP contribution in [0.3, 0.4) is 0 Å². The largest absolute Gasteiger partial charge is 0.495 e. The lowest BCUT2D eigenvalue weighted by Gasteiger charge is -2.14. The number of ether oxygens (including phenoxy) is 3. The van der Waals surface area contributed by atoms with Crippen LogP contribution in [-0.4, -0.2) is 33.9 Å². The van der Waals surface area contributed by atoms with Crippen molar-refractivity contribution < 1.29 is 19.0 Å². The first-order valence-corrected chi connectivity index (χ1v) is 6.53. The average molecular weight is 282 g/mol. The normalized spacial score (nSPS) is 10.6. The first kappa shape index (κ1) is 15.5. The van der Waals surface area contributed by atoms with Gasteiger partial charge in [0, 0.05) is 18.6 Å². The summed E-state index contributed by atoms with van der Waals surface area (Å²) >= 11 is 1.26. The van der Waals surface area contributed by atoms with E-state index < -0.39 is 5.97 Å². The number of rotatable bonds is 4. The molecule has 0 radical (unpaired) electrons. The second-order valence-electron chi connectivity index (χ2n) is 4.57. The molecular formula is C14H18O4S. The molecule has 1 aromatic rings. The first-order chi connectivity index (χ1) is 8.93. The van der Waals surface area contributed by atoms with Gasteiger partial charge < -0.3 is 14.2 Å². The molecule has 0 aliphatic heterocycles. The van der Waals surface area contributed by atoms with E-state index in [1.54, 1.807) is 13.2 Å². The molecule has 5 heteroatoms. The van der Waals surface area contributed by atoms with Crippen molar-refractivity contribution in [3.63, 3.8) is 0 Å². The lowest BCUT2D eigenvalue weighted by molar-refractivity contribution is 0.0603. The van der Waals surface area contributed by atoms with Crippen LogP contribution in [0.15, 0.2) is 6.07 Å². The Morgan fingerprint density at radius 1 is 1.37 bits per heavy atom. The molecule has 0 N–H and O–H groups in total. The maximum atomic E-state index is 11.6. The van der Waals surface area contributed by atoms with E-state index in [2.05, 4.69) is 11.8 Å². The molecule has 0 aliphatic rings. The Morgan fingerprint density at radius 2 is 2.05 bits per heavy atom.